The summed E-state index contributed by atoms with van der Waals surface area (Å²) in [4.78, 5) is 3.35. The van der Waals surface area contributed by atoms with Crippen LogP contribution in [-0.4, -0.2) is 30.0 Å². The Morgan fingerprint density at radius 3 is 1.41 bits per heavy atom. The minimum atomic E-state index is 0.823. The number of hydrogen-bond acceptors (Lipinski definition) is 4. The van der Waals surface area contributed by atoms with Crippen molar-refractivity contribution in [3.05, 3.63) is 109 Å². The van der Waals surface area contributed by atoms with E-state index in [-0.39, 0.29) is 0 Å². The number of fused-ring (bicyclic) bond motifs is 1. The highest BCUT2D eigenvalue weighted by atomic mass is 15.5. The molecule has 0 amide bonds. The molecule has 6 aromatic rings. The van der Waals surface area contributed by atoms with Crippen molar-refractivity contribution < 1.29 is 0 Å². The van der Waals surface area contributed by atoms with Crippen molar-refractivity contribution in [2.24, 2.45) is 0 Å². The average Bonchev–Trinajstić information content (AvgIpc) is 3.55. The van der Waals surface area contributed by atoms with Gasteiger partial charge in [-0.05, 0) is 17.5 Å². The first kappa shape index (κ1) is 18.2. The minimum Gasteiger partial charge on any atom is -0.156 e. The lowest BCUT2D eigenvalue weighted by molar-refractivity contribution is 0.746. The van der Waals surface area contributed by atoms with E-state index in [1.54, 1.807) is 22.0 Å². The summed E-state index contributed by atoms with van der Waals surface area (Å²) in [6.07, 6.45) is 3.58. The lowest BCUT2D eigenvalue weighted by atomic mass is 10.1. The number of hydrogen-bond donors (Lipinski definition) is 0. The topological polar surface area (TPSA) is 61.4 Å². The van der Waals surface area contributed by atoms with E-state index in [1.807, 2.05) is 84.9 Å². The summed E-state index contributed by atoms with van der Waals surface area (Å²) in [6, 6.07) is 32.3. The molecule has 0 N–H and O–H groups in total. The van der Waals surface area contributed by atoms with Gasteiger partial charge >= 0.3 is 0 Å². The maximum Gasteiger partial charge on any atom is 0.113 e. The molecule has 0 radical (unpaired) electrons. The Bertz CT molecular complexity index is 1400. The van der Waals surface area contributed by atoms with Crippen LogP contribution in [0.3, 0.4) is 0 Å². The molecule has 0 aliphatic carbocycles. The minimum absolute atomic E-state index is 0.823. The van der Waals surface area contributed by atoms with Crippen molar-refractivity contribution in [1.82, 2.24) is 30.0 Å². The smallest absolute Gasteiger partial charge is 0.113 e. The third kappa shape index (κ3) is 3.15. The summed E-state index contributed by atoms with van der Waals surface area (Å²) >= 11 is 0. The molecule has 6 nitrogen and oxygen atoms in total. The fourth-order valence-electron chi connectivity index (χ4n) is 3.88. The predicted molar refractivity (Wildman–Crippen MR) is 125 cm³/mol. The lowest BCUT2D eigenvalue weighted by Crippen LogP contribution is -2.05. The van der Waals surface area contributed by atoms with Crippen LogP contribution in [0.15, 0.2) is 109 Å². The number of benzene rings is 4. The summed E-state index contributed by atoms with van der Waals surface area (Å²) in [5.74, 6) is 0. The van der Waals surface area contributed by atoms with E-state index in [4.69, 9.17) is 10.2 Å². The molecular weight excluding hydrogens is 396 g/mol. The average molecular weight is 414 g/mol. The molecule has 152 valence electrons. The van der Waals surface area contributed by atoms with Gasteiger partial charge < -0.3 is 0 Å². The number of nitrogens with zero attached hydrogens (tertiary/aromatic N) is 6. The van der Waals surface area contributed by atoms with Crippen LogP contribution in [0.5, 0.6) is 0 Å². The first-order valence-corrected chi connectivity index (χ1v) is 10.3. The molecule has 0 spiro atoms. The molecule has 0 bridgehead atoms. The maximum absolute atomic E-state index is 4.74. The molecule has 0 unspecified atom stereocenters. The molecule has 32 heavy (non-hydrogen) atoms. The second kappa shape index (κ2) is 7.59. The van der Waals surface area contributed by atoms with Crippen LogP contribution in [0.25, 0.3) is 44.7 Å². The van der Waals surface area contributed by atoms with E-state index < -0.39 is 0 Å². The molecule has 4 aromatic carbocycles. The summed E-state index contributed by atoms with van der Waals surface area (Å²) in [5, 5.41) is 20.7. The van der Waals surface area contributed by atoms with Gasteiger partial charge in [0.15, 0.2) is 0 Å². The summed E-state index contributed by atoms with van der Waals surface area (Å²) in [6.45, 7) is 0. The molecule has 0 aliphatic heterocycles. The van der Waals surface area contributed by atoms with E-state index in [1.165, 1.54) is 0 Å². The van der Waals surface area contributed by atoms with Crippen LogP contribution in [0.1, 0.15) is 0 Å². The van der Waals surface area contributed by atoms with Crippen LogP contribution in [0.4, 0.5) is 0 Å². The standard InChI is InChI=1S/C26H18N6/c1-3-9-19(10-4-1)22-17-27-31(29-22)24-15-7-13-21-14-8-16-25(26(21)24)32-28-18-23(30-32)20-11-5-2-6-12-20/h1-18H. The van der Waals surface area contributed by atoms with Gasteiger partial charge in [0.2, 0.25) is 0 Å². The van der Waals surface area contributed by atoms with Gasteiger partial charge in [-0.2, -0.15) is 19.8 Å². The Labute approximate surface area is 184 Å². The maximum atomic E-state index is 4.74. The van der Waals surface area contributed by atoms with Gasteiger partial charge in [0.25, 0.3) is 0 Å². The van der Waals surface area contributed by atoms with Gasteiger partial charge in [0.1, 0.15) is 11.4 Å². The molecule has 0 aliphatic rings. The highest BCUT2D eigenvalue weighted by molar-refractivity contribution is 5.96. The molecule has 2 aromatic heterocycles. The Morgan fingerprint density at radius 2 is 0.938 bits per heavy atom. The number of aromatic nitrogens is 6. The fourth-order valence-corrected chi connectivity index (χ4v) is 3.88. The summed E-state index contributed by atoms with van der Waals surface area (Å²) in [5.41, 5.74) is 5.45. The van der Waals surface area contributed by atoms with Crippen LogP contribution in [-0.2, 0) is 0 Å². The molecule has 0 fully saturated rings. The summed E-state index contributed by atoms with van der Waals surface area (Å²) in [7, 11) is 0. The number of rotatable bonds is 4. The van der Waals surface area contributed by atoms with E-state index in [0.717, 1.165) is 44.7 Å². The SMILES string of the molecule is c1ccc(-c2cnn(-c3cccc4cccc(-n5ncc(-c6ccccc6)n5)c34)n2)cc1. The Morgan fingerprint density at radius 1 is 0.469 bits per heavy atom. The largest absolute Gasteiger partial charge is 0.156 e. The van der Waals surface area contributed by atoms with E-state index in [0.29, 0.717) is 0 Å². The van der Waals surface area contributed by atoms with Gasteiger partial charge in [-0.25, -0.2) is 0 Å². The van der Waals surface area contributed by atoms with Gasteiger partial charge in [-0.3, -0.25) is 0 Å². The molecule has 6 rings (SSSR count). The molecular formula is C26H18N6. The van der Waals surface area contributed by atoms with Crippen molar-refractivity contribution in [3.63, 3.8) is 0 Å². The zero-order chi connectivity index (χ0) is 21.3. The van der Waals surface area contributed by atoms with Crippen molar-refractivity contribution in [1.29, 1.82) is 0 Å². The Balaban J connectivity index is 1.49. The second-order valence-electron chi connectivity index (χ2n) is 7.42. The molecule has 0 saturated heterocycles. The second-order valence-corrected chi connectivity index (χ2v) is 7.42. The first-order valence-electron chi connectivity index (χ1n) is 10.3. The van der Waals surface area contributed by atoms with E-state index in [9.17, 15) is 0 Å². The quantitative estimate of drug-likeness (QED) is 0.391. The van der Waals surface area contributed by atoms with E-state index >= 15 is 0 Å². The van der Waals surface area contributed by atoms with E-state index in [2.05, 4.69) is 22.3 Å². The van der Waals surface area contributed by atoms with Gasteiger partial charge in [-0.15, -0.1) is 10.2 Å². The fraction of sp³-hybridized carbons (Fsp3) is 0. The van der Waals surface area contributed by atoms with Crippen LogP contribution in [0.2, 0.25) is 0 Å². The van der Waals surface area contributed by atoms with Gasteiger partial charge in [0, 0.05) is 16.5 Å². The monoisotopic (exact) mass is 414 g/mol. The lowest BCUT2D eigenvalue weighted by Gasteiger charge is -2.10. The summed E-state index contributed by atoms with van der Waals surface area (Å²) < 4.78 is 0. The van der Waals surface area contributed by atoms with Crippen molar-refractivity contribution >= 4 is 10.8 Å². The Kier molecular flexibility index (Phi) is 4.32. The van der Waals surface area contributed by atoms with Crippen molar-refractivity contribution in [2.75, 3.05) is 0 Å². The normalized spacial score (nSPS) is 11.1. The molecule has 6 heteroatoms. The van der Waals surface area contributed by atoms with Crippen molar-refractivity contribution in [3.8, 4) is 33.9 Å². The van der Waals surface area contributed by atoms with Gasteiger partial charge in [-0.1, -0.05) is 84.9 Å². The predicted octanol–water partition coefficient (Wildman–Crippen LogP) is 5.34. The first-order chi connectivity index (χ1) is 15.9. The third-order valence-electron chi connectivity index (χ3n) is 5.41. The van der Waals surface area contributed by atoms with Crippen molar-refractivity contribution in [2.45, 2.75) is 0 Å². The van der Waals surface area contributed by atoms with Gasteiger partial charge in [0.05, 0.1) is 23.8 Å². The highest BCUT2D eigenvalue weighted by Gasteiger charge is 2.14. The Hall–Kier alpha value is -4.58. The highest BCUT2D eigenvalue weighted by Crippen LogP contribution is 2.29. The molecule has 2 heterocycles. The molecule has 0 saturated carbocycles. The zero-order valence-electron chi connectivity index (χ0n) is 17.1. The van der Waals surface area contributed by atoms with Crippen LogP contribution in [0, 0.1) is 0 Å². The zero-order valence-corrected chi connectivity index (χ0v) is 17.1. The van der Waals surface area contributed by atoms with Crippen LogP contribution >= 0.6 is 0 Å². The third-order valence-corrected chi connectivity index (χ3v) is 5.41. The molecule has 0 atom stereocenters. The van der Waals surface area contributed by atoms with Crippen LogP contribution < -0.4 is 0 Å².